The van der Waals surface area contributed by atoms with Gasteiger partial charge in [0.15, 0.2) is 23.8 Å². The van der Waals surface area contributed by atoms with E-state index >= 15 is 0 Å². The van der Waals surface area contributed by atoms with Crippen molar-refractivity contribution in [1.82, 2.24) is 19.5 Å². The van der Waals surface area contributed by atoms with Crippen molar-refractivity contribution in [3.8, 4) is 0 Å². The maximum absolute atomic E-state index is 11.5. The van der Waals surface area contributed by atoms with Gasteiger partial charge in [0, 0.05) is 0 Å². The molecule has 0 aliphatic carbocycles. The normalized spacial score (nSPS) is 28.9. The number of aromatic nitrogens is 4. The first-order valence-corrected chi connectivity index (χ1v) is 6.07. The summed E-state index contributed by atoms with van der Waals surface area (Å²) in [6.45, 7) is 0. The first-order chi connectivity index (χ1) is 10.0. The van der Waals surface area contributed by atoms with Gasteiger partial charge in [-0.15, -0.1) is 0 Å². The number of carbonyl (C=O) groups is 1. The van der Waals surface area contributed by atoms with Gasteiger partial charge in [0.1, 0.15) is 24.1 Å². The number of imidazole rings is 1. The Morgan fingerprint density at radius 3 is 2.86 bits per heavy atom. The third-order valence-electron chi connectivity index (χ3n) is 3.33. The molecule has 3 heterocycles. The fourth-order valence-electron chi connectivity index (χ4n) is 2.26. The molecule has 4 atom stereocenters. The molecule has 0 spiro atoms. The number of aliphatic hydroxyl groups is 2. The monoisotopic (exact) mass is 295 g/mol. The molecule has 0 saturated carbocycles. The van der Waals surface area contributed by atoms with Crippen LogP contribution in [0.4, 0.5) is 5.82 Å². The number of fused-ring (bicyclic) bond motifs is 1. The molecule has 2 aromatic heterocycles. The van der Waals surface area contributed by atoms with Crippen LogP contribution in [0.5, 0.6) is 0 Å². The van der Waals surface area contributed by atoms with Crippen LogP contribution in [-0.4, -0.2) is 61.1 Å². The van der Waals surface area contributed by atoms with Crippen LogP contribution in [0.2, 0.25) is 0 Å². The lowest BCUT2D eigenvalue weighted by Crippen LogP contribution is -2.36. The van der Waals surface area contributed by atoms with Crippen LogP contribution in [0.25, 0.3) is 11.2 Å². The molecular formula is C11H13N5O5. The Morgan fingerprint density at radius 2 is 2.14 bits per heavy atom. The highest BCUT2D eigenvalue weighted by atomic mass is 16.6. The Morgan fingerprint density at radius 1 is 1.38 bits per heavy atom. The minimum absolute atomic E-state index is 0.177. The lowest BCUT2D eigenvalue weighted by molar-refractivity contribution is -0.158. The van der Waals surface area contributed by atoms with E-state index in [0.29, 0.717) is 11.2 Å². The van der Waals surface area contributed by atoms with E-state index in [-0.39, 0.29) is 5.82 Å². The van der Waals surface area contributed by atoms with Crippen molar-refractivity contribution in [3.05, 3.63) is 12.7 Å². The molecular weight excluding hydrogens is 282 g/mol. The molecule has 10 heteroatoms. The van der Waals surface area contributed by atoms with Gasteiger partial charge in [0.2, 0.25) is 0 Å². The zero-order chi connectivity index (χ0) is 15.1. The number of carbonyl (C=O) groups excluding carboxylic acids is 1. The molecule has 0 radical (unpaired) electrons. The van der Waals surface area contributed by atoms with Crippen LogP contribution in [0.1, 0.15) is 6.23 Å². The number of esters is 1. The standard InChI is InChI=1S/C11H13N5O5/c1-20-11(19)7-5(17)6(18)10(21-7)16-3-15-4-8(12)13-2-14-9(4)16/h2-3,5-7,10,17-18H,1H3,(H2,12,13,14)/t5-,6-,7+,10+/m0/s1. The number of ether oxygens (including phenoxy) is 2. The van der Waals surface area contributed by atoms with Crippen LogP contribution < -0.4 is 5.73 Å². The molecule has 0 bridgehead atoms. The van der Waals surface area contributed by atoms with E-state index in [1.165, 1.54) is 24.3 Å². The molecule has 4 N–H and O–H groups in total. The Bertz CT molecular complexity index is 689. The molecule has 1 fully saturated rings. The van der Waals surface area contributed by atoms with Crippen molar-refractivity contribution in [2.24, 2.45) is 0 Å². The van der Waals surface area contributed by atoms with Crippen LogP contribution in [0.15, 0.2) is 12.7 Å². The van der Waals surface area contributed by atoms with E-state index in [9.17, 15) is 15.0 Å². The number of methoxy groups -OCH3 is 1. The number of aliphatic hydroxyl groups excluding tert-OH is 2. The first kappa shape index (κ1) is 13.7. The summed E-state index contributed by atoms with van der Waals surface area (Å²) in [5.41, 5.74) is 6.33. The fraction of sp³-hybridized carbons (Fsp3) is 0.455. The van der Waals surface area contributed by atoms with Gasteiger partial charge >= 0.3 is 5.97 Å². The maximum atomic E-state index is 11.5. The predicted molar refractivity (Wildman–Crippen MR) is 67.7 cm³/mol. The number of hydrogen-bond acceptors (Lipinski definition) is 9. The highest BCUT2D eigenvalue weighted by molar-refractivity contribution is 5.81. The summed E-state index contributed by atoms with van der Waals surface area (Å²) in [5, 5.41) is 20.0. The molecule has 112 valence electrons. The van der Waals surface area contributed by atoms with Gasteiger partial charge in [-0.25, -0.2) is 19.7 Å². The van der Waals surface area contributed by atoms with Gasteiger partial charge in [-0.1, -0.05) is 0 Å². The van der Waals surface area contributed by atoms with Gasteiger partial charge in [0.05, 0.1) is 13.4 Å². The molecule has 21 heavy (non-hydrogen) atoms. The average molecular weight is 295 g/mol. The lowest BCUT2D eigenvalue weighted by Gasteiger charge is -2.16. The molecule has 0 amide bonds. The van der Waals surface area contributed by atoms with E-state index in [1.807, 2.05) is 0 Å². The highest BCUT2D eigenvalue weighted by Crippen LogP contribution is 2.32. The number of nitrogen functional groups attached to an aromatic ring is 1. The van der Waals surface area contributed by atoms with E-state index in [2.05, 4.69) is 19.7 Å². The number of anilines is 1. The first-order valence-electron chi connectivity index (χ1n) is 6.07. The summed E-state index contributed by atoms with van der Waals surface area (Å²) < 4.78 is 11.3. The number of hydrogen-bond donors (Lipinski definition) is 3. The van der Waals surface area contributed by atoms with Crippen molar-refractivity contribution in [2.75, 3.05) is 12.8 Å². The van der Waals surface area contributed by atoms with Gasteiger partial charge in [-0.3, -0.25) is 4.57 Å². The van der Waals surface area contributed by atoms with Crippen molar-refractivity contribution >= 4 is 23.0 Å². The summed E-state index contributed by atoms with van der Waals surface area (Å²) in [6, 6.07) is 0. The highest BCUT2D eigenvalue weighted by Gasteiger charge is 2.48. The number of nitrogens with zero attached hydrogens (tertiary/aromatic N) is 4. The minimum atomic E-state index is -1.42. The smallest absolute Gasteiger partial charge is 0.337 e. The third-order valence-corrected chi connectivity index (χ3v) is 3.33. The van der Waals surface area contributed by atoms with Gasteiger partial charge in [-0.2, -0.15) is 0 Å². The quantitative estimate of drug-likeness (QED) is 0.546. The molecule has 0 aromatic carbocycles. The minimum Gasteiger partial charge on any atom is -0.467 e. The van der Waals surface area contributed by atoms with E-state index in [1.54, 1.807) is 0 Å². The molecule has 1 aliphatic heterocycles. The van der Waals surface area contributed by atoms with Gasteiger partial charge in [-0.05, 0) is 0 Å². The lowest BCUT2D eigenvalue weighted by atomic mass is 10.1. The van der Waals surface area contributed by atoms with Crippen molar-refractivity contribution < 1.29 is 24.5 Å². The summed E-state index contributed by atoms with van der Waals surface area (Å²) >= 11 is 0. The van der Waals surface area contributed by atoms with Crippen LogP contribution >= 0.6 is 0 Å². The van der Waals surface area contributed by atoms with Gasteiger partial charge in [0.25, 0.3) is 0 Å². The molecule has 1 saturated heterocycles. The third kappa shape index (κ3) is 2.00. The van der Waals surface area contributed by atoms with Crippen LogP contribution in [-0.2, 0) is 14.3 Å². The Hall–Kier alpha value is -2.30. The molecule has 3 rings (SSSR count). The Labute approximate surface area is 118 Å². The van der Waals surface area contributed by atoms with E-state index in [0.717, 1.165) is 0 Å². The second-order valence-electron chi connectivity index (χ2n) is 4.53. The van der Waals surface area contributed by atoms with Gasteiger partial charge < -0.3 is 25.4 Å². The zero-order valence-electron chi connectivity index (χ0n) is 10.9. The Kier molecular flexibility index (Phi) is 3.20. The topological polar surface area (TPSA) is 146 Å². The van der Waals surface area contributed by atoms with Crippen molar-refractivity contribution in [3.63, 3.8) is 0 Å². The second-order valence-corrected chi connectivity index (χ2v) is 4.53. The Balaban J connectivity index is 2.00. The van der Waals surface area contributed by atoms with Crippen LogP contribution in [0, 0.1) is 0 Å². The molecule has 0 unspecified atom stereocenters. The summed E-state index contributed by atoms with van der Waals surface area (Å²) in [7, 11) is 1.17. The van der Waals surface area contributed by atoms with Crippen molar-refractivity contribution in [2.45, 2.75) is 24.5 Å². The predicted octanol–water partition coefficient (Wildman–Crippen LogP) is -1.80. The van der Waals surface area contributed by atoms with Crippen molar-refractivity contribution in [1.29, 1.82) is 0 Å². The van der Waals surface area contributed by atoms with Crippen LogP contribution in [0.3, 0.4) is 0 Å². The average Bonchev–Trinajstić information content (AvgIpc) is 3.02. The summed E-state index contributed by atoms with van der Waals surface area (Å²) in [5.74, 6) is -0.598. The second kappa shape index (κ2) is 4.91. The molecule has 2 aromatic rings. The molecule has 1 aliphatic rings. The largest absolute Gasteiger partial charge is 0.467 e. The zero-order valence-corrected chi connectivity index (χ0v) is 10.9. The SMILES string of the molecule is COC(=O)[C@@H]1O[C@@H](n2cnc3c(N)ncnc32)[C@@H](O)[C@@H]1O. The number of rotatable bonds is 2. The van der Waals surface area contributed by atoms with E-state index in [4.69, 9.17) is 10.5 Å². The number of nitrogens with two attached hydrogens (primary N) is 1. The fourth-order valence-corrected chi connectivity index (χ4v) is 2.26. The summed E-state index contributed by atoms with van der Waals surface area (Å²) in [4.78, 5) is 23.4. The maximum Gasteiger partial charge on any atom is 0.337 e. The van der Waals surface area contributed by atoms with E-state index < -0.39 is 30.5 Å². The molecule has 10 nitrogen and oxygen atoms in total. The summed E-state index contributed by atoms with van der Waals surface area (Å²) in [6.07, 6.45) is -2.50.